The number of hydrogen-bond donors (Lipinski definition) is 1. The lowest BCUT2D eigenvalue weighted by Gasteiger charge is -2.36. The van der Waals surface area contributed by atoms with Gasteiger partial charge in [0.05, 0.1) is 0 Å². The van der Waals surface area contributed by atoms with Crippen LogP contribution in [0.1, 0.15) is 18.4 Å². The van der Waals surface area contributed by atoms with E-state index in [0.29, 0.717) is 24.0 Å². The van der Waals surface area contributed by atoms with E-state index in [2.05, 4.69) is 34.2 Å². The normalized spacial score (nSPS) is 17.2. The summed E-state index contributed by atoms with van der Waals surface area (Å²) in [4.78, 5) is 8.54. The average molecular weight is 266 g/mol. The predicted molar refractivity (Wildman–Crippen MR) is 75.9 cm³/mol. The fourth-order valence-corrected chi connectivity index (χ4v) is 2.61. The van der Waals surface area contributed by atoms with Crippen LogP contribution in [0, 0.1) is 5.82 Å². The number of anilines is 1. The van der Waals surface area contributed by atoms with Gasteiger partial charge < -0.3 is 15.1 Å². The van der Waals surface area contributed by atoms with Gasteiger partial charge in [-0.2, -0.15) is 0 Å². The van der Waals surface area contributed by atoms with Crippen LogP contribution in [0.5, 0.6) is 0 Å². The first-order chi connectivity index (χ1) is 9.13. The minimum Gasteiger partial charge on any atom is -0.354 e. The summed E-state index contributed by atoms with van der Waals surface area (Å²) in [6, 6.07) is 2.34. The van der Waals surface area contributed by atoms with E-state index < -0.39 is 0 Å². The van der Waals surface area contributed by atoms with Crippen molar-refractivity contribution in [3.8, 4) is 0 Å². The Bertz CT molecular complexity index is 414. The molecule has 1 aromatic heterocycles. The summed E-state index contributed by atoms with van der Waals surface area (Å²) < 4.78 is 14.3. The summed E-state index contributed by atoms with van der Waals surface area (Å²) in [5.74, 6) is 0.324. The second-order valence-corrected chi connectivity index (χ2v) is 5.32. The van der Waals surface area contributed by atoms with Crippen LogP contribution in [-0.4, -0.2) is 50.2 Å². The largest absolute Gasteiger partial charge is 0.354 e. The first-order valence-corrected chi connectivity index (χ1v) is 6.83. The standard InChI is InChI=1S/C14H23FN4/c1-16-10-11-4-7-17-14(13(11)15)19-8-5-12(6-9-19)18(2)3/h4,7,12,16H,5-6,8-10H2,1-3H3. The molecule has 1 saturated heterocycles. The number of nitrogens with zero attached hydrogens (tertiary/aromatic N) is 3. The fraction of sp³-hybridized carbons (Fsp3) is 0.643. The Morgan fingerprint density at radius 3 is 2.68 bits per heavy atom. The molecular weight excluding hydrogens is 243 g/mol. The maximum atomic E-state index is 14.3. The summed E-state index contributed by atoms with van der Waals surface area (Å²) in [5, 5.41) is 2.98. The molecule has 2 heterocycles. The fourth-order valence-electron chi connectivity index (χ4n) is 2.61. The Hall–Kier alpha value is -1.20. The Kier molecular flexibility index (Phi) is 4.71. The molecule has 0 radical (unpaired) electrons. The molecular formula is C14H23FN4. The minimum atomic E-state index is -0.180. The zero-order valence-corrected chi connectivity index (χ0v) is 12.0. The van der Waals surface area contributed by atoms with Gasteiger partial charge in [-0.25, -0.2) is 9.37 Å². The molecule has 4 nitrogen and oxygen atoms in total. The van der Waals surface area contributed by atoms with Crippen molar-refractivity contribution in [3.63, 3.8) is 0 Å². The van der Waals surface area contributed by atoms with E-state index in [1.165, 1.54) is 0 Å². The lowest BCUT2D eigenvalue weighted by atomic mass is 10.0. The number of piperidine rings is 1. The number of rotatable bonds is 4. The quantitative estimate of drug-likeness (QED) is 0.894. The van der Waals surface area contributed by atoms with Crippen LogP contribution < -0.4 is 10.2 Å². The Labute approximate surface area is 114 Å². The van der Waals surface area contributed by atoms with E-state index >= 15 is 0 Å². The Morgan fingerprint density at radius 1 is 1.42 bits per heavy atom. The van der Waals surface area contributed by atoms with Gasteiger partial charge in [0.25, 0.3) is 0 Å². The highest BCUT2D eigenvalue weighted by atomic mass is 19.1. The van der Waals surface area contributed by atoms with E-state index in [1.807, 2.05) is 7.05 Å². The summed E-state index contributed by atoms with van der Waals surface area (Å²) in [6.45, 7) is 2.28. The molecule has 0 amide bonds. The molecule has 5 heteroatoms. The lowest BCUT2D eigenvalue weighted by molar-refractivity contribution is 0.249. The second kappa shape index (κ2) is 6.30. The highest BCUT2D eigenvalue weighted by Crippen LogP contribution is 2.24. The average Bonchev–Trinajstić information content (AvgIpc) is 2.41. The smallest absolute Gasteiger partial charge is 0.170 e. The van der Waals surface area contributed by atoms with Crippen molar-refractivity contribution < 1.29 is 4.39 Å². The predicted octanol–water partition coefficient (Wildman–Crippen LogP) is 1.47. The molecule has 0 bridgehead atoms. The van der Waals surface area contributed by atoms with Crippen molar-refractivity contribution in [2.24, 2.45) is 0 Å². The number of aromatic nitrogens is 1. The molecule has 106 valence electrons. The van der Waals surface area contributed by atoms with Crippen LogP contribution in [0.15, 0.2) is 12.3 Å². The molecule has 1 aliphatic rings. The highest BCUT2D eigenvalue weighted by molar-refractivity contribution is 5.43. The van der Waals surface area contributed by atoms with Crippen LogP contribution in [-0.2, 0) is 6.54 Å². The maximum Gasteiger partial charge on any atom is 0.170 e. The molecule has 1 aromatic rings. The number of nitrogens with one attached hydrogen (secondary N) is 1. The third-order valence-electron chi connectivity index (χ3n) is 3.81. The molecule has 2 rings (SSSR count). The molecule has 0 aromatic carbocycles. The van der Waals surface area contributed by atoms with Gasteiger partial charge in [-0.15, -0.1) is 0 Å². The molecule has 1 fully saturated rings. The van der Waals surface area contributed by atoms with Crippen LogP contribution in [0.4, 0.5) is 10.2 Å². The first kappa shape index (κ1) is 14.2. The van der Waals surface area contributed by atoms with Crippen molar-refractivity contribution in [2.75, 3.05) is 39.1 Å². The van der Waals surface area contributed by atoms with Crippen molar-refractivity contribution in [2.45, 2.75) is 25.4 Å². The SMILES string of the molecule is CNCc1ccnc(N2CCC(N(C)C)CC2)c1F. The van der Waals surface area contributed by atoms with E-state index in [0.717, 1.165) is 25.9 Å². The molecule has 0 spiro atoms. The van der Waals surface area contributed by atoms with Gasteiger partial charge in [0.1, 0.15) is 0 Å². The van der Waals surface area contributed by atoms with Gasteiger partial charge in [0, 0.05) is 37.4 Å². The van der Waals surface area contributed by atoms with Crippen LogP contribution >= 0.6 is 0 Å². The zero-order valence-electron chi connectivity index (χ0n) is 12.0. The van der Waals surface area contributed by atoms with Crippen LogP contribution in [0.3, 0.4) is 0 Å². The van der Waals surface area contributed by atoms with Gasteiger partial charge in [-0.3, -0.25) is 0 Å². The summed E-state index contributed by atoms with van der Waals surface area (Å²) in [5.41, 5.74) is 0.683. The van der Waals surface area contributed by atoms with Crippen LogP contribution in [0.2, 0.25) is 0 Å². The van der Waals surface area contributed by atoms with Gasteiger partial charge in [0.2, 0.25) is 0 Å². The van der Waals surface area contributed by atoms with Crippen molar-refractivity contribution in [1.82, 2.24) is 15.2 Å². The maximum absolute atomic E-state index is 14.3. The van der Waals surface area contributed by atoms with Crippen molar-refractivity contribution in [1.29, 1.82) is 0 Å². The van der Waals surface area contributed by atoms with E-state index in [9.17, 15) is 4.39 Å². The molecule has 0 aliphatic carbocycles. The third kappa shape index (κ3) is 3.22. The zero-order chi connectivity index (χ0) is 13.8. The molecule has 1 N–H and O–H groups in total. The van der Waals surface area contributed by atoms with E-state index in [4.69, 9.17) is 0 Å². The molecule has 1 aliphatic heterocycles. The van der Waals surface area contributed by atoms with Gasteiger partial charge in [0.15, 0.2) is 11.6 Å². The first-order valence-electron chi connectivity index (χ1n) is 6.83. The topological polar surface area (TPSA) is 31.4 Å². The number of halogens is 1. The Balaban J connectivity index is 2.09. The van der Waals surface area contributed by atoms with E-state index in [-0.39, 0.29) is 5.82 Å². The second-order valence-electron chi connectivity index (χ2n) is 5.32. The van der Waals surface area contributed by atoms with Gasteiger partial charge >= 0.3 is 0 Å². The van der Waals surface area contributed by atoms with Crippen LogP contribution in [0.25, 0.3) is 0 Å². The summed E-state index contributed by atoms with van der Waals surface area (Å²) in [6.07, 6.45) is 3.82. The Morgan fingerprint density at radius 2 is 2.11 bits per heavy atom. The van der Waals surface area contributed by atoms with Crippen molar-refractivity contribution in [3.05, 3.63) is 23.6 Å². The van der Waals surface area contributed by atoms with Gasteiger partial charge in [-0.05, 0) is 40.1 Å². The van der Waals surface area contributed by atoms with E-state index in [1.54, 1.807) is 12.3 Å². The molecule has 0 atom stereocenters. The number of pyridine rings is 1. The monoisotopic (exact) mass is 266 g/mol. The minimum absolute atomic E-state index is 0.180. The van der Waals surface area contributed by atoms with Crippen molar-refractivity contribution >= 4 is 5.82 Å². The molecule has 19 heavy (non-hydrogen) atoms. The molecule has 0 unspecified atom stereocenters. The lowest BCUT2D eigenvalue weighted by Crippen LogP contribution is -2.42. The molecule has 0 saturated carbocycles. The number of hydrogen-bond acceptors (Lipinski definition) is 4. The highest BCUT2D eigenvalue weighted by Gasteiger charge is 2.23. The van der Waals surface area contributed by atoms with Gasteiger partial charge in [-0.1, -0.05) is 0 Å². The third-order valence-corrected chi connectivity index (χ3v) is 3.81. The summed E-state index contributed by atoms with van der Waals surface area (Å²) in [7, 11) is 6.03. The summed E-state index contributed by atoms with van der Waals surface area (Å²) >= 11 is 0.